The molecule has 1 N–H and O–H groups in total. The number of hydrogen-bond acceptors (Lipinski definition) is 5. The van der Waals surface area contributed by atoms with E-state index in [1.54, 1.807) is 48.4 Å². The third-order valence-electron chi connectivity index (χ3n) is 4.62. The molecule has 134 valence electrons. The van der Waals surface area contributed by atoms with E-state index in [-0.39, 0.29) is 5.91 Å². The van der Waals surface area contributed by atoms with Crippen LogP contribution in [0, 0.1) is 0 Å². The van der Waals surface area contributed by atoms with Crippen molar-refractivity contribution >= 4 is 22.9 Å². The number of carbonyl (C=O) groups excluding carboxylic acids is 1. The second-order valence-corrected chi connectivity index (χ2v) is 7.08. The molecule has 0 saturated heterocycles. The van der Waals surface area contributed by atoms with E-state index in [2.05, 4.69) is 21.9 Å². The van der Waals surface area contributed by atoms with Crippen LogP contribution in [0.15, 0.2) is 29.6 Å². The topological polar surface area (TPSA) is 65.4 Å². The Kier molecular flexibility index (Phi) is 4.16. The van der Waals surface area contributed by atoms with Gasteiger partial charge < -0.3 is 14.8 Å². The number of rotatable bonds is 4. The number of fused-ring (bicyclic) bond motifs is 3. The van der Waals surface area contributed by atoms with Crippen molar-refractivity contribution in [3.05, 3.63) is 45.8 Å². The van der Waals surface area contributed by atoms with E-state index < -0.39 is 0 Å². The van der Waals surface area contributed by atoms with Crippen molar-refractivity contribution in [3.63, 3.8) is 0 Å². The standard InChI is InChI=1S/C19H19N3O3S/c1-22-18-12-8-9-26-16(12)7-5-13(18)17(21-22)19(23)20-14-6-4-11(24-2)10-15(14)25-3/h4,6,8-10H,5,7H2,1-3H3,(H,20,23). The Morgan fingerprint density at radius 1 is 1.23 bits per heavy atom. The van der Waals surface area contributed by atoms with E-state index in [0.717, 1.165) is 24.1 Å². The highest BCUT2D eigenvalue weighted by Gasteiger charge is 2.28. The maximum atomic E-state index is 12.9. The normalized spacial score (nSPS) is 12.3. The molecule has 0 spiro atoms. The first kappa shape index (κ1) is 16.7. The van der Waals surface area contributed by atoms with Crippen LogP contribution in [0.3, 0.4) is 0 Å². The lowest BCUT2D eigenvalue weighted by molar-refractivity contribution is 0.102. The number of ether oxygens (including phenoxy) is 2. The number of carbonyl (C=O) groups is 1. The molecule has 1 aliphatic rings. The Hall–Kier alpha value is -2.80. The van der Waals surface area contributed by atoms with Crippen LogP contribution in [0.25, 0.3) is 11.3 Å². The van der Waals surface area contributed by atoms with Gasteiger partial charge in [-0.25, -0.2) is 0 Å². The SMILES string of the molecule is COc1ccc(NC(=O)c2nn(C)c3c2CCc2sccc2-3)c(OC)c1. The van der Waals surface area contributed by atoms with Crippen molar-refractivity contribution in [1.82, 2.24) is 9.78 Å². The molecule has 0 saturated carbocycles. The monoisotopic (exact) mass is 369 g/mol. The van der Waals surface area contributed by atoms with Crippen LogP contribution >= 0.6 is 11.3 Å². The van der Waals surface area contributed by atoms with Crippen molar-refractivity contribution in [3.8, 4) is 22.8 Å². The number of anilines is 1. The van der Waals surface area contributed by atoms with Gasteiger partial charge in [-0.15, -0.1) is 11.3 Å². The van der Waals surface area contributed by atoms with Gasteiger partial charge in [-0.3, -0.25) is 9.48 Å². The van der Waals surface area contributed by atoms with Crippen LogP contribution < -0.4 is 14.8 Å². The quantitative estimate of drug-likeness (QED) is 0.764. The number of thiophene rings is 1. The van der Waals surface area contributed by atoms with Crippen LogP contribution in [0.5, 0.6) is 11.5 Å². The molecule has 6 nitrogen and oxygen atoms in total. The fraction of sp³-hybridized carbons (Fsp3) is 0.263. The smallest absolute Gasteiger partial charge is 0.276 e. The zero-order chi connectivity index (χ0) is 18.3. The number of methoxy groups -OCH3 is 2. The van der Waals surface area contributed by atoms with Crippen LogP contribution in [-0.2, 0) is 19.9 Å². The van der Waals surface area contributed by atoms with Gasteiger partial charge in [0, 0.05) is 29.1 Å². The van der Waals surface area contributed by atoms with Gasteiger partial charge in [-0.05, 0) is 36.4 Å². The van der Waals surface area contributed by atoms with Crippen molar-refractivity contribution < 1.29 is 14.3 Å². The predicted octanol–water partition coefficient (Wildman–Crippen LogP) is 3.52. The van der Waals surface area contributed by atoms with E-state index in [1.807, 2.05) is 7.05 Å². The molecule has 2 heterocycles. The molecule has 0 radical (unpaired) electrons. The molecular weight excluding hydrogens is 350 g/mol. The van der Waals surface area contributed by atoms with E-state index in [0.29, 0.717) is 22.9 Å². The van der Waals surface area contributed by atoms with Crippen LogP contribution in [0.4, 0.5) is 5.69 Å². The number of aromatic nitrogens is 2. The molecule has 0 fully saturated rings. The van der Waals surface area contributed by atoms with Crippen molar-refractivity contribution in [2.45, 2.75) is 12.8 Å². The summed E-state index contributed by atoms with van der Waals surface area (Å²) in [6.07, 6.45) is 1.76. The highest BCUT2D eigenvalue weighted by Crippen LogP contribution is 2.38. The van der Waals surface area contributed by atoms with Crippen LogP contribution in [0.2, 0.25) is 0 Å². The fourth-order valence-electron chi connectivity index (χ4n) is 3.39. The summed E-state index contributed by atoms with van der Waals surface area (Å²) in [6.45, 7) is 0. The summed E-state index contributed by atoms with van der Waals surface area (Å²) < 4.78 is 12.4. The molecule has 0 bridgehead atoms. The van der Waals surface area contributed by atoms with Gasteiger partial charge in [-0.1, -0.05) is 0 Å². The molecule has 0 aliphatic heterocycles. The lowest BCUT2D eigenvalue weighted by Gasteiger charge is -2.14. The van der Waals surface area contributed by atoms with Crippen LogP contribution in [-0.4, -0.2) is 29.9 Å². The van der Waals surface area contributed by atoms with Gasteiger partial charge in [0.1, 0.15) is 11.5 Å². The van der Waals surface area contributed by atoms with E-state index in [1.165, 1.54) is 10.4 Å². The molecule has 3 aromatic rings. The molecule has 2 aromatic heterocycles. The summed E-state index contributed by atoms with van der Waals surface area (Å²) in [6, 6.07) is 7.39. The third kappa shape index (κ3) is 2.64. The third-order valence-corrected chi connectivity index (χ3v) is 5.60. The van der Waals surface area contributed by atoms with Crippen molar-refractivity contribution in [2.75, 3.05) is 19.5 Å². The van der Waals surface area contributed by atoms with Gasteiger partial charge in [0.2, 0.25) is 0 Å². The second-order valence-electron chi connectivity index (χ2n) is 6.08. The molecular formula is C19H19N3O3S. The minimum absolute atomic E-state index is 0.232. The Morgan fingerprint density at radius 3 is 2.85 bits per heavy atom. The highest BCUT2D eigenvalue weighted by molar-refractivity contribution is 7.10. The zero-order valence-corrected chi connectivity index (χ0v) is 15.6. The summed E-state index contributed by atoms with van der Waals surface area (Å²) in [5, 5.41) is 9.51. The lowest BCUT2D eigenvalue weighted by atomic mass is 9.94. The van der Waals surface area contributed by atoms with Gasteiger partial charge in [-0.2, -0.15) is 5.10 Å². The Labute approximate surface area is 155 Å². The fourth-order valence-corrected chi connectivity index (χ4v) is 4.27. The average Bonchev–Trinajstić information content (AvgIpc) is 3.26. The second kappa shape index (κ2) is 6.49. The minimum atomic E-state index is -0.232. The largest absolute Gasteiger partial charge is 0.497 e. The number of nitrogens with one attached hydrogen (secondary N) is 1. The zero-order valence-electron chi connectivity index (χ0n) is 14.8. The first-order valence-corrected chi connectivity index (χ1v) is 9.16. The number of amides is 1. The van der Waals surface area contributed by atoms with Gasteiger partial charge in [0.05, 0.1) is 25.6 Å². The highest BCUT2D eigenvalue weighted by atomic mass is 32.1. The molecule has 26 heavy (non-hydrogen) atoms. The lowest BCUT2D eigenvalue weighted by Crippen LogP contribution is -2.16. The Balaban J connectivity index is 1.68. The van der Waals surface area contributed by atoms with E-state index in [9.17, 15) is 4.79 Å². The molecule has 1 aromatic carbocycles. The van der Waals surface area contributed by atoms with Crippen LogP contribution in [0.1, 0.15) is 20.9 Å². The summed E-state index contributed by atoms with van der Waals surface area (Å²) in [5.74, 6) is 0.978. The van der Waals surface area contributed by atoms with E-state index >= 15 is 0 Å². The van der Waals surface area contributed by atoms with Crippen molar-refractivity contribution in [1.29, 1.82) is 0 Å². The maximum Gasteiger partial charge on any atom is 0.276 e. The first-order valence-electron chi connectivity index (χ1n) is 8.28. The van der Waals surface area contributed by atoms with Crippen molar-refractivity contribution in [2.24, 2.45) is 7.05 Å². The molecule has 1 amide bonds. The Bertz CT molecular complexity index is 990. The molecule has 7 heteroatoms. The number of aryl methyl sites for hydroxylation is 2. The summed E-state index contributed by atoms with van der Waals surface area (Å²) in [7, 11) is 5.04. The summed E-state index contributed by atoms with van der Waals surface area (Å²) >= 11 is 1.76. The Morgan fingerprint density at radius 2 is 2.08 bits per heavy atom. The molecule has 1 aliphatic carbocycles. The molecule has 0 unspecified atom stereocenters. The summed E-state index contributed by atoms with van der Waals surface area (Å²) in [4.78, 5) is 14.3. The average molecular weight is 369 g/mol. The number of benzene rings is 1. The van der Waals surface area contributed by atoms with E-state index in [4.69, 9.17) is 9.47 Å². The first-order chi connectivity index (χ1) is 12.6. The predicted molar refractivity (Wildman–Crippen MR) is 101 cm³/mol. The molecule has 4 rings (SSSR count). The number of hydrogen-bond donors (Lipinski definition) is 1. The summed E-state index contributed by atoms with van der Waals surface area (Å²) in [5.41, 5.74) is 4.29. The maximum absolute atomic E-state index is 12.9. The minimum Gasteiger partial charge on any atom is -0.497 e. The van der Waals surface area contributed by atoms with Gasteiger partial charge >= 0.3 is 0 Å². The van der Waals surface area contributed by atoms with Gasteiger partial charge in [0.25, 0.3) is 5.91 Å². The molecule has 0 atom stereocenters. The number of nitrogens with zero attached hydrogens (tertiary/aromatic N) is 2. The van der Waals surface area contributed by atoms with Gasteiger partial charge in [0.15, 0.2) is 5.69 Å².